The molecule has 418 valence electrons. The molecule has 0 N–H and O–H groups in total. The first-order chi connectivity index (χ1) is 39.7. The van der Waals surface area contributed by atoms with Gasteiger partial charge in [-0.15, -0.1) is 24.7 Å². The van der Waals surface area contributed by atoms with Crippen molar-refractivity contribution in [3.05, 3.63) is 285 Å². The van der Waals surface area contributed by atoms with E-state index in [0.29, 0.717) is 13.2 Å². The molecule has 0 atom stereocenters. The fourth-order valence-electron chi connectivity index (χ4n) is 8.47. The summed E-state index contributed by atoms with van der Waals surface area (Å²) in [5.41, 5.74) is 8.55. The molecular weight excluding hydrogens is 1380 g/mol. The van der Waals surface area contributed by atoms with E-state index in [9.17, 15) is 0 Å². The summed E-state index contributed by atoms with van der Waals surface area (Å²) in [6.45, 7) is 5.40. The molecule has 0 unspecified atom stereocenters. The zero-order chi connectivity index (χ0) is 54.2. The van der Waals surface area contributed by atoms with Gasteiger partial charge in [-0.05, 0) is 109 Å². The van der Waals surface area contributed by atoms with Crippen molar-refractivity contribution < 1.29 is 51.6 Å². The first-order valence-corrected chi connectivity index (χ1v) is 26.4. The van der Waals surface area contributed by atoms with Crippen LogP contribution in [0.4, 0.5) is 68.6 Å². The average molecular weight is 1440 g/mol. The van der Waals surface area contributed by atoms with Crippen LogP contribution in [0.1, 0.15) is 25.7 Å². The Bertz CT molecular complexity index is 3240. The second-order valence-electron chi connectivity index (χ2n) is 18.0. The number of para-hydroxylation sites is 6. The van der Waals surface area contributed by atoms with Crippen molar-refractivity contribution >= 4 is 81.3 Å². The quantitative estimate of drug-likeness (QED) is 0.0337. The molecule has 0 fully saturated rings. The molecule has 2 aromatic heterocycles. The molecule has 0 amide bonds. The number of anilines is 8. The van der Waals surface area contributed by atoms with Crippen molar-refractivity contribution in [3.63, 3.8) is 0 Å². The van der Waals surface area contributed by atoms with E-state index in [2.05, 4.69) is 82.4 Å². The van der Waals surface area contributed by atoms with Crippen LogP contribution in [0.5, 0.6) is 11.5 Å². The summed E-state index contributed by atoms with van der Waals surface area (Å²) in [5.74, 6) is 4.20. The minimum absolute atomic E-state index is 0. The first-order valence-electron chi connectivity index (χ1n) is 26.4. The number of rotatable bonds is 19. The molecule has 82 heavy (non-hydrogen) atoms. The molecule has 4 heterocycles. The zero-order valence-corrected chi connectivity index (χ0v) is 49.1. The smallest absolute Gasteiger partial charge is 0.145 e. The van der Waals surface area contributed by atoms with Crippen LogP contribution in [0.15, 0.2) is 259 Å². The molecule has 12 rings (SSSR count). The Morgan fingerprint density at radius 1 is 0.415 bits per heavy atom. The standard InChI is InChI=1S/C32H32N4O2.C18H13N3.C17H12N4.2Pt/c1(9-21-37-31-19-11-17-29(23-31)35-25-33-27-13-5-3-6-14-27)2-10-22-38-32-20-12-18-30(24-32)36-26-34-28-15-7-4-8-16-28;1-3-8-15(9-4-1)20-14-21(16-10-5-2-6-11-16)18-17(20)12-7-13-19-18;1-3-7-14(8-4-1)20-13-21(15-9-5-2-6-10-15)17-16(20)18-11-12-19-17;;/h3-8,11-20,23-26H,1-2,9-10,21-22H2;1-8,10-14H;1-9,11-13H;;/q3*-2;;. The van der Waals surface area contributed by atoms with Crippen molar-refractivity contribution in [3.8, 4) is 11.5 Å². The van der Waals surface area contributed by atoms with E-state index < -0.39 is 0 Å². The van der Waals surface area contributed by atoms with Gasteiger partial charge in [0.15, 0.2) is 0 Å². The predicted octanol–water partition coefficient (Wildman–Crippen LogP) is 17.4. The third-order valence-corrected chi connectivity index (χ3v) is 12.4. The summed E-state index contributed by atoms with van der Waals surface area (Å²) in [6.07, 6.45) is 12.5. The molecule has 0 radical (unpaired) electrons. The van der Waals surface area contributed by atoms with E-state index in [4.69, 9.17) is 9.47 Å². The van der Waals surface area contributed by atoms with Gasteiger partial charge in [0, 0.05) is 72.1 Å². The van der Waals surface area contributed by atoms with Crippen LogP contribution in [0, 0.1) is 25.5 Å². The van der Waals surface area contributed by atoms with Crippen LogP contribution in [-0.4, -0.2) is 40.8 Å². The minimum Gasteiger partial charge on any atom is -0.494 e. The van der Waals surface area contributed by atoms with Gasteiger partial charge in [0.1, 0.15) is 29.0 Å². The van der Waals surface area contributed by atoms with Crippen molar-refractivity contribution in [2.45, 2.75) is 25.7 Å². The van der Waals surface area contributed by atoms with E-state index in [1.54, 1.807) is 25.1 Å². The number of aliphatic imine (C=N–C) groups is 2. The largest absolute Gasteiger partial charge is 0.494 e. The SMILES string of the molecule is C(=Nc1ccccc1)[N-]c1cccc(OCCCCCCOc2cccc(N=C[N-]c3ccccc3)c2)c1.[Pt].[Pt].[c-]1ccccc1N1[CH-]N(c2ccccc2)c2ncccc21.[c-]1ccccc1N1[CH-]N(c2ccccc2)c2nccnc21. The monoisotopic (exact) mass is 1440 g/mol. The molecule has 13 nitrogen and oxygen atoms in total. The van der Waals surface area contributed by atoms with Crippen LogP contribution >= 0.6 is 0 Å². The van der Waals surface area contributed by atoms with E-state index in [1.165, 1.54) is 0 Å². The Kier molecular flexibility index (Phi) is 23.0. The number of fused-ring (bicyclic) bond motifs is 2. The maximum Gasteiger partial charge on any atom is 0.145 e. The van der Waals surface area contributed by atoms with Crippen LogP contribution in [-0.2, 0) is 42.1 Å². The number of hydrogen-bond donors (Lipinski definition) is 0. The molecule has 0 saturated heterocycles. The van der Waals surface area contributed by atoms with Gasteiger partial charge >= 0.3 is 0 Å². The first kappa shape index (κ1) is 59.2. The Morgan fingerprint density at radius 3 is 1.51 bits per heavy atom. The van der Waals surface area contributed by atoms with Gasteiger partial charge in [-0.25, -0.2) is 15.0 Å². The minimum atomic E-state index is 0. The number of pyridine rings is 1. The average Bonchev–Trinajstić information content (AvgIpc) is 4.35. The molecule has 0 saturated carbocycles. The van der Waals surface area contributed by atoms with E-state index in [-0.39, 0.29) is 42.1 Å². The molecule has 0 aliphatic carbocycles. The number of aromatic nitrogens is 3. The van der Waals surface area contributed by atoms with E-state index >= 15 is 0 Å². The topological polar surface area (TPSA) is 123 Å². The number of nitrogens with zero attached hydrogens (tertiary/aromatic N) is 11. The third kappa shape index (κ3) is 16.8. The third-order valence-electron chi connectivity index (χ3n) is 12.4. The Labute approximate surface area is 509 Å². The van der Waals surface area contributed by atoms with E-state index in [1.807, 2.05) is 235 Å². The number of benzene rings is 8. The Hall–Kier alpha value is -8.89. The maximum absolute atomic E-state index is 5.90. The van der Waals surface area contributed by atoms with E-state index in [0.717, 1.165) is 106 Å². The molecule has 15 heteroatoms. The Balaban J connectivity index is 0.000000170. The van der Waals surface area contributed by atoms with Gasteiger partial charge < -0.3 is 49.7 Å². The summed E-state index contributed by atoms with van der Waals surface area (Å²) in [5, 5.41) is 8.74. The predicted molar refractivity (Wildman–Crippen MR) is 324 cm³/mol. The van der Waals surface area contributed by atoms with Gasteiger partial charge in [-0.3, -0.25) is 0 Å². The fraction of sp³-hybridized carbons (Fsp3) is 0.0896. The van der Waals surface area contributed by atoms with Crippen LogP contribution in [0.3, 0.4) is 0 Å². The summed E-state index contributed by atoms with van der Waals surface area (Å²) >= 11 is 0. The molecule has 8 aromatic carbocycles. The van der Waals surface area contributed by atoms with Gasteiger partial charge in [0.05, 0.1) is 18.9 Å². The van der Waals surface area contributed by atoms with Crippen molar-refractivity contribution in [1.29, 1.82) is 0 Å². The molecule has 10 aromatic rings. The Morgan fingerprint density at radius 2 is 0.890 bits per heavy atom. The van der Waals surface area contributed by atoms with Gasteiger partial charge in [-0.2, -0.15) is 60.7 Å². The maximum atomic E-state index is 5.90. The van der Waals surface area contributed by atoms with Crippen molar-refractivity contribution in [2.75, 3.05) is 32.8 Å². The zero-order valence-electron chi connectivity index (χ0n) is 44.6. The van der Waals surface area contributed by atoms with Crippen molar-refractivity contribution in [1.82, 2.24) is 15.0 Å². The number of ether oxygens (including phenoxy) is 2. The van der Waals surface area contributed by atoms with Crippen LogP contribution in [0.2, 0.25) is 0 Å². The fourth-order valence-corrected chi connectivity index (χ4v) is 8.47. The van der Waals surface area contributed by atoms with Crippen LogP contribution in [0.25, 0.3) is 10.6 Å². The summed E-state index contributed by atoms with van der Waals surface area (Å²) in [4.78, 5) is 30.4. The molecule has 2 aliphatic heterocycles. The van der Waals surface area contributed by atoms with Gasteiger partial charge in [0.25, 0.3) is 0 Å². The van der Waals surface area contributed by atoms with Gasteiger partial charge in [0.2, 0.25) is 0 Å². The second-order valence-corrected chi connectivity index (χ2v) is 18.0. The molecule has 0 spiro atoms. The van der Waals surface area contributed by atoms with Crippen LogP contribution < -0.4 is 29.1 Å². The summed E-state index contributed by atoms with van der Waals surface area (Å²) < 4.78 is 11.8. The summed E-state index contributed by atoms with van der Waals surface area (Å²) in [7, 11) is 0. The number of hydrogen-bond acceptors (Lipinski definition) is 11. The van der Waals surface area contributed by atoms with Crippen molar-refractivity contribution in [2.24, 2.45) is 9.98 Å². The number of unbranched alkanes of at least 4 members (excludes halogenated alkanes) is 3. The molecule has 2 aliphatic rings. The normalized spacial score (nSPS) is 12.0. The summed E-state index contributed by atoms with van der Waals surface area (Å²) in [6, 6.07) is 81.7. The molecule has 0 bridgehead atoms. The second kappa shape index (κ2) is 31.8. The van der Waals surface area contributed by atoms with Gasteiger partial charge in [-0.1, -0.05) is 134 Å². The molecular formula is C67H57N11O2Pt2-6.